The lowest BCUT2D eigenvalue weighted by molar-refractivity contribution is -0.167. The van der Waals surface area contributed by atoms with Crippen molar-refractivity contribution in [2.45, 2.75) is 374 Å². The smallest absolute Gasteiger partial charge is 0.306 e. The van der Waals surface area contributed by atoms with Gasteiger partial charge in [-0.05, 0) is 83.5 Å². The molecule has 0 aliphatic heterocycles. The van der Waals surface area contributed by atoms with Gasteiger partial charge >= 0.3 is 17.9 Å². The molecule has 83 heavy (non-hydrogen) atoms. The highest BCUT2D eigenvalue weighted by molar-refractivity contribution is 5.71. The molecule has 0 heterocycles. The number of hydrogen-bond acceptors (Lipinski definition) is 6. The van der Waals surface area contributed by atoms with Crippen LogP contribution in [-0.2, 0) is 28.6 Å². The minimum Gasteiger partial charge on any atom is -0.462 e. The van der Waals surface area contributed by atoms with Crippen LogP contribution in [-0.4, -0.2) is 37.2 Å². The van der Waals surface area contributed by atoms with Gasteiger partial charge in [0, 0.05) is 19.3 Å². The molecule has 480 valence electrons. The monoisotopic (exact) mass is 1160 g/mol. The Morgan fingerprint density at radius 3 is 0.819 bits per heavy atom. The fraction of sp³-hybridized carbons (Fsp3) is 0.779. The SMILES string of the molecule is CC/C=C\C/C=C\C/C=C\C/C=C\C/C=C\CCCC(=O)OC(COC(=O)CCCCCCC/C=C\C/C=C\CCC)COC(=O)CCCCCCCCCCCCCCCCCCCCCCCCCCCCCCCCCCCCC. The summed E-state index contributed by atoms with van der Waals surface area (Å²) in [5.41, 5.74) is 0. The van der Waals surface area contributed by atoms with Crippen molar-refractivity contribution in [3.63, 3.8) is 0 Å². The van der Waals surface area contributed by atoms with Gasteiger partial charge in [-0.1, -0.05) is 350 Å². The molecule has 0 amide bonds. The van der Waals surface area contributed by atoms with E-state index in [-0.39, 0.29) is 37.5 Å². The van der Waals surface area contributed by atoms with E-state index in [1.165, 1.54) is 212 Å². The summed E-state index contributed by atoms with van der Waals surface area (Å²) in [5, 5.41) is 0. The molecule has 0 aliphatic rings. The van der Waals surface area contributed by atoms with Crippen LogP contribution in [0.2, 0.25) is 0 Å². The zero-order valence-corrected chi connectivity index (χ0v) is 55.2. The summed E-state index contributed by atoms with van der Waals surface area (Å²) in [4.78, 5) is 38.3. The molecule has 0 aromatic carbocycles. The van der Waals surface area contributed by atoms with E-state index in [0.29, 0.717) is 19.3 Å². The number of carbonyl (C=O) groups is 3. The molecule has 1 atom stereocenters. The van der Waals surface area contributed by atoms with Crippen molar-refractivity contribution in [3.05, 3.63) is 85.1 Å². The minimum atomic E-state index is -0.813. The summed E-state index contributed by atoms with van der Waals surface area (Å²) >= 11 is 0. The average Bonchev–Trinajstić information content (AvgIpc) is 3.49. The van der Waals surface area contributed by atoms with E-state index in [9.17, 15) is 14.4 Å². The fourth-order valence-electron chi connectivity index (χ4n) is 10.5. The first-order valence-corrected chi connectivity index (χ1v) is 36.1. The van der Waals surface area contributed by atoms with E-state index < -0.39 is 6.10 Å². The maximum atomic E-state index is 12.9. The second-order valence-corrected chi connectivity index (χ2v) is 24.1. The molecule has 6 heteroatoms. The summed E-state index contributed by atoms with van der Waals surface area (Å²) in [6.45, 7) is 6.45. The summed E-state index contributed by atoms with van der Waals surface area (Å²) in [6.07, 6.45) is 95.2. The highest BCUT2D eigenvalue weighted by atomic mass is 16.6. The zero-order chi connectivity index (χ0) is 59.9. The van der Waals surface area contributed by atoms with Crippen LogP contribution in [0.4, 0.5) is 0 Å². The average molecular weight is 1160 g/mol. The third kappa shape index (κ3) is 69.3. The van der Waals surface area contributed by atoms with Gasteiger partial charge in [0.05, 0.1) is 0 Å². The third-order valence-corrected chi connectivity index (χ3v) is 15.9. The summed E-state index contributed by atoms with van der Waals surface area (Å²) in [6, 6.07) is 0. The topological polar surface area (TPSA) is 78.9 Å². The molecule has 0 aromatic rings. The first kappa shape index (κ1) is 79.6. The predicted molar refractivity (Wildman–Crippen MR) is 362 cm³/mol. The second-order valence-electron chi connectivity index (χ2n) is 24.1. The number of allylic oxidation sites excluding steroid dienone is 14. The first-order valence-electron chi connectivity index (χ1n) is 36.1. The van der Waals surface area contributed by atoms with E-state index in [1.807, 2.05) is 0 Å². The number of carbonyl (C=O) groups excluding carboxylic acids is 3. The van der Waals surface area contributed by atoms with Gasteiger partial charge in [0.1, 0.15) is 13.2 Å². The van der Waals surface area contributed by atoms with Gasteiger partial charge in [-0.3, -0.25) is 14.4 Å². The Balaban J connectivity index is 4.13. The lowest BCUT2D eigenvalue weighted by Gasteiger charge is -2.18. The van der Waals surface area contributed by atoms with Gasteiger partial charge in [-0.25, -0.2) is 0 Å². The fourth-order valence-corrected chi connectivity index (χ4v) is 10.5. The molecule has 0 saturated carbocycles. The summed E-state index contributed by atoms with van der Waals surface area (Å²) in [7, 11) is 0. The molecule has 0 bridgehead atoms. The molecule has 0 N–H and O–H groups in total. The highest BCUT2D eigenvalue weighted by Gasteiger charge is 2.19. The van der Waals surface area contributed by atoms with Crippen molar-refractivity contribution in [1.29, 1.82) is 0 Å². The Labute approximate surface area is 515 Å². The van der Waals surface area contributed by atoms with E-state index in [2.05, 4.69) is 106 Å². The number of ether oxygens (including phenoxy) is 3. The molecule has 0 radical (unpaired) electrons. The minimum absolute atomic E-state index is 0.101. The molecule has 0 rings (SSSR count). The second kappa shape index (κ2) is 71.1. The lowest BCUT2D eigenvalue weighted by atomic mass is 10.0. The number of rotatable bonds is 66. The molecular formula is C77H136O6. The van der Waals surface area contributed by atoms with E-state index >= 15 is 0 Å². The van der Waals surface area contributed by atoms with Gasteiger partial charge in [-0.15, -0.1) is 0 Å². The highest BCUT2D eigenvalue weighted by Crippen LogP contribution is 2.18. The number of hydrogen-bond donors (Lipinski definition) is 0. The van der Waals surface area contributed by atoms with Crippen molar-refractivity contribution >= 4 is 17.9 Å². The maximum absolute atomic E-state index is 12.9. The number of unbranched alkanes of at least 4 members (excludes halogenated alkanes) is 41. The predicted octanol–water partition coefficient (Wildman–Crippen LogP) is 25.0. The van der Waals surface area contributed by atoms with Crippen molar-refractivity contribution in [2.75, 3.05) is 13.2 Å². The number of esters is 3. The Kier molecular flexibility index (Phi) is 68.2. The molecular weight excluding hydrogens is 1020 g/mol. The Bertz CT molecular complexity index is 1570. The van der Waals surface area contributed by atoms with Gasteiger partial charge in [-0.2, -0.15) is 0 Å². The Morgan fingerprint density at radius 1 is 0.253 bits per heavy atom. The van der Waals surface area contributed by atoms with Crippen LogP contribution in [0.15, 0.2) is 85.1 Å². The van der Waals surface area contributed by atoms with Gasteiger partial charge in [0.15, 0.2) is 6.10 Å². The van der Waals surface area contributed by atoms with Crippen molar-refractivity contribution < 1.29 is 28.6 Å². The van der Waals surface area contributed by atoms with Crippen LogP contribution in [0.3, 0.4) is 0 Å². The molecule has 0 saturated heterocycles. The standard InChI is InChI=1S/C77H136O6/c1-4-7-10-13-16-19-22-25-27-29-30-31-32-33-34-35-36-37-38-39-40-41-42-43-44-45-46-48-49-52-55-58-61-64-67-70-76(79)82-73-74(72-81-75(78)69-66-63-60-57-54-51-24-21-18-15-12-9-6-3)83-77(80)71-68-65-62-59-56-53-50-47-28-26-23-20-17-14-11-8-5-2/h8,11-12,15,17,20-21,24,26,28,50,53,59,62,74H,4-7,9-10,13-14,16,18-19,22-23,25,27,29-49,51-52,54-58,60-61,63-73H2,1-3H3/b11-8-,15-12-,20-17-,24-21-,28-26-,53-50-,62-59-. The van der Waals surface area contributed by atoms with Gasteiger partial charge < -0.3 is 14.2 Å². The van der Waals surface area contributed by atoms with Gasteiger partial charge in [0.25, 0.3) is 0 Å². The normalized spacial score (nSPS) is 12.6. The summed E-state index contributed by atoms with van der Waals surface area (Å²) in [5.74, 6) is -0.961. The molecule has 6 nitrogen and oxygen atoms in total. The summed E-state index contributed by atoms with van der Waals surface area (Å²) < 4.78 is 16.9. The van der Waals surface area contributed by atoms with Crippen LogP contribution in [0.25, 0.3) is 0 Å². The first-order chi connectivity index (χ1) is 41.0. The van der Waals surface area contributed by atoms with E-state index in [1.54, 1.807) is 0 Å². The van der Waals surface area contributed by atoms with Crippen molar-refractivity contribution in [2.24, 2.45) is 0 Å². The van der Waals surface area contributed by atoms with E-state index in [0.717, 1.165) is 109 Å². The molecule has 0 spiro atoms. The van der Waals surface area contributed by atoms with Crippen LogP contribution in [0, 0.1) is 0 Å². The molecule has 1 unspecified atom stereocenters. The maximum Gasteiger partial charge on any atom is 0.306 e. The molecule has 0 aromatic heterocycles. The van der Waals surface area contributed by atoms with Gasteiger partial charge in [0.2, 0.25) is 0 Å². The van der Waals surface area contributed by atoms with Crippen LogP contribution in [0.5, 0.6) is 0 Å². The van der Waals surface area contributed by atoms with Crippen molar-refractivity contribution in [3.8, 4) is 0 Å². The molecule has 0 aliphatic carbocycles. The quantitative estimate of drug-likeness (QED) is 0.0261. The van der Waals surface area contributed by atoms with Crippen LogP contribution in [0.1, 0.15) is 367 Å². The van der Waals surface area contributed by atoms with Crippen LogP contribution >= 0.6 is 0 Å². The van der Waals surface area contributed by atoms with E-state index in [4.69, 9.17) is 14.2 Å². The Morgan fingerprint density at radius 2 is 0.506 bits per heavy atom. The molecule has 0 fully saturated rings. The Hall–Kier alpha value is -3.41. The van der Waals surface area contributed by atoms with Crippen LogP contribution < -0.4 is 0 Å². The zero-order valence-electron chi connectivity index (χ0n) is 55.2. The largest absolute Gasteiger partial charge is 0.462 e. The van der Waals surface area contributed by atoms with Crippen molar-refractivity contribution in [1.82, 2.24) is 0 Å². The lowest BCUT2D eigenvalue weighted by Crippen LogP contribution is -2.30. The third-order valence-electron chi connectivity index (χ3n) is 15.9.